The van der Waals surface area contributed by atoms with E-state index in [4.69, 9.17) is 4.98 Å². The van der Waals surface area contributed by atoms with Gasteiger partial charge in [0.15, 0.2) is 0 Å². The van der Waals surface area contributed by atoms with Gasteiger partial charge in [-0.05, 0) is 157 Å². The normalized spacial score (nSPS) is 13.4. The Bertz CT molecular complexity index is 3800. The fourth-order valence-corrected chi connectivity index (χ4v) is 11.3. The van der Waals surface area contributed by atoms with Crippen LogP contribution in [-0.4, -0.2) is 16.2 Å². The minimum atomic E-state index is -0.256. The molecule has 5 nitrogen and oxygen atoms in total. The summed E-state index contributed by atoms with van der Waals surface area (Å²) in [5.74, 6) is 0.888. The molecule has 8 aromatic carbocycles. The maximum Gasteiger partial charge on any atom is 0.137 e. The van der Waals surface area contributed by atoms with E-state index in [0.29, 0.717) is 6.67 Å². The van der Waals surface area contributed by atoms with Crippen molar-refractivity contribution in [2.45, 2.75) is 124 Å². The Morgan fingerprint density at radius 2 is 0.897 bits per heavy atom. The SMILES string of the molecule is CC(C)(C)c1ccc(-c2ccc3c(c2)c2ccc(N(c4ccccc4)c4cc(N5CN(c6cc(C(C)(C)C)cc(C(C)(C)C)c6)c6ccccc65)cc(C(C)(C)C)c4)cc2n3-c2cc(C(C)(C)c3ccccc3)ccn2)cc1. The summed E-state index contributed by atoms with van der Waals surface area (Å²) < 4.78 is 2.39. The summed E-state index contributed by atoms with van der Waals surface area (Å²) in [5, 5.41) is 2.36. The van der Waals surface area contributed by atoms with Crippen LogP contribution in [0, 0.1) is 0 Å². The summed E-state index contributed by atoms with van der Waals surface area (Å²) in [6.07, 6.45) is 1.99. The van der Waals surface area contributed by atoms with Gasteiger partial charge in [-0.3, -0.25) is 4.57 Å². The van der Waals surface area contributed by atoms with Crippen LogP contribution in [0.2, 0.25) is 0 Å². The molecule has 0 N–H and O–H groups in total. The first-order chi connectivity index (χ1) is 36.9. The Labute approximate surface area is 464 Å². The van der Waals surface area contributed by atoms with Gasteiger partial charge >= 0.3 is 0 Å². The average molecular weight is 1020 g/mol. The number of hydrogen-bond acceptors (Lipinski definition) is 4. The lowest BCUT2D eigenvalue weighted by molar-refractivity contribution is 0.568. The molecule has 3 heterocycles. The van der Waals surface area contributed by atoms with E-state index < -0.39 is 0 Å². The van der Waals surface area contributed by atoms with Gasteiger partial charge in [0.1, 0.15) is 12.5 Å². The lowest BCUT2D eigenvalue weighted by atomic mass is 9.78. The van der Waals surface area contributed by atoms with Crippen LogP contribution in [0.4, 0.5) is 39.8 Å². The molecule has 0 aliphatic carbocycles. The second-order valence-corrected chi connectivity index (χ2v) is 26.4. The average Bonchev–Trinajstić information content (AvgIpc) is 4.17. The van der Waals surface area contributed by atoms with Gasteiger partial charge in [-0.15, -0.1) is 0 Å². The van der Waals surface area contributed by atoms with Gasteiger partial charge in [0, 0.05) is 50.8 Å². The molecule has 0 unspecified atom stereocenters. The molecule has 10 aromatic rings. The first kappa shape index (κ1) is 52.2. The maximum atomic E-state index is 5.21. The zero-order valence-electron chi connectivity index (χ0n) is 48.5. The highest BCUT2D eigenvalue weighted by molar-refractivity contribution is 6.11. The van der Waals surface area contributed by atoms with E-state index in [2.05, 4.69) is 310 Å². The molecule has 0 fully saturated rings. The number of hydrogen-bond donors (Lipinski definition) is 0. The first-order valence-electron chi connectivity index (χ1n) is 28.0. The summed E-state index contributed by atoms with van der Waals surface area (Å²) in [5.41, 5.74) is 20.0. The summed E-state index contributed by atoms with van der Waals surface area (Å²) >= 11 is 0. The van der Waals surface area contributed by atoms with Gasteiger partial charge in [-0.1, -0.05) is 200 Å². The van der Waals surface area contributed by atoms with E-state index in [9.17, 15) is 0 Å². The molecule has 2 aromatic heterocycles. The summed E-state index contributed by atoms with van der Waals surface area (Å²) in [6.45, 7) is 33.1. The van der Waals surface area contributed by atoms with Gasteiger partial charge in [0.25, 0.3) is 0 Å². The molecule has 0 amide bonds. The van der Waals surface area contributed by atoms with Crippen molar-refractivity contribution < 1.29 is 0 Å². The number of fused-ring (bicyclic) bond motifs is 4. The van der Waals surface area contributed by atoms with Crippen LogP contribution >= 0.6 is 0 Å². The number of pyridine rings is 1. The number of rotatable bonds is 9. The third-order valence-corrected chi connectivity index (χ3v) is 16.3. The third kappa shape index (κ3) is 9.78. The quantitative estimate of drug-likeness (QED) is 0.144. The molecule has 1 aliphatic rings. The Morgan fingerprint density at radius 3 is 1.49 bits per heavy atom. The number of anilines is 7. The molecule has 0 bridgehead atoms. The zero-order chi connectivity index (χ0) is 55.1. The lowest BCUT2D eigenvalue weighted by Crippen LogP contribution is -2.26. The summed E-state index contributed by atoms with van der Waals surface area (Å²) in [6, 6.07) is 72.7. The van der Waals surface area contributed by atoms with Crippen molar-refractivity contribution in [3.8, 4) is 16.9 Å². The van der Waals surface area contributed by atoms with E-state index in [1.165, 1.54) is 72.3 Å². The minimum absolute atomic E-state index is 0.00908. The second-order valence-electron chi connectivity index (χ2n) is 26.4. The van der Waals surface area contributed by atoms with Crippen LogP contribution in [0.1, 0.15) is 130 Å². The third-order valence-electron chi connectivity index (χ3n) is 16.3. The highest BCUT2D eigenvalue weighted by Crippen LogP contribution is 2.49. The van der Waals surface area contributed by atoms with Crippen LogP contribution in [-0.2, 0) is 27.1 Å². The predicted octanol–water partition coefficient (Wildman–Crippen LogP) is 20.1. The van der Waals surface area contributed by atoms with Crippen molar-refractivity contribution in [2.24, 2.45) is 0 Å². The van der Waals surface area contributed by atoms with Gasteiger partial charge < -0.3 is 14.7 Å². The van der Waals surface area contributed by atoms with E-state index in [-0.39, 0.29) is 27.1 Å². The minimum Gasteiger partial charge on any atom is -0.321 e. The van der Waals surface area contributed by atoms with Crippen molar-refractivity contribution in [2.75, 3.05) is 21.4 Å². The molecule has 1 aliphatic heterocycles. The van der Waals surface area contributed by atoms with Crippen molar-refractivity contribution in [3.63, 3.8) is 0 Å². The van der Waals surface area contributed by atoms with Crippen molar-refractivity contribution in [1.82, 2.24) is 9.55 Å². The molecule has 5 heteroatoms. The molecule has 0 atom stereocenters. The Balaban J connectivity index is 1.10. The molecule has 0 radical (unpaired) electrons. The van der Waals surface area contributed by atoms with Gasteiger partial charge in [-0.25, -0.2) is 4.98 Å². The lowest BCUT2D eigenvalue weighted by Gasteiger charge is -2.31. The fourth-order valence-electron chi connectivity index (χ4n) is 11.3. The van der Waals surface area contributed by atoms with Crippen LogP contribution in [0.15, 0.2) is 200 Å². The fraction of sp³-hybridized carbons (Fsp3) is 0.274. The van der Waals surface area contributed by atoms with Crippen LogP contribution in [0.5, 0.6) is 0 Å². The van der Waals surface area contributed by atoms with Gasteiger partial charge in [0.05, 0.1) is 22.4 Å². The summed E-state index contributed by atoms with van der Waals surface area (Å²) in [4.78, 5) is 12.7. The smallest absolute Gasteiger partial charge is 0.137 e. The molecule has 11 rings (SSSR count). The summed E-state index contributed by atoms with van der Waals surface area (Å²) in [7, 11) is 0. The number of nitrogens with zero attached hydrogens (tertiary/aromatic N) is 5. The van der Waals surface area contributed by atoms with Crippen LogP contribution in [0.25, 0.3) is 38.8 Å². The second kappa shape index (κ2) is 19.2. The number of aromatic nitrogens is 2. The molecular formula is C73H77N5. The Kier molecular flexibility index (Phi) is 12.9. The van der Waals surface area contributed by atoms with E-state index in [0.717, 1.165) is 39.6 Å². The Hall–Kier alpha value is -7.89. The van der Waals surface area contributed by atoms with Crippen molar-refractivity contribution in [3.05, 3.63) is 234 Å². The zero-order valence-corrected chi connectivity index (χ0v) is 48.5. The molecule has 394 valence electrons. The van der Waals surface area contributed by atoms with E-state index in [1.807, 2.05) is 6.20 Å². The highest BCUT2D eigenvalue weighted by Gasteiger charge is 2.33. The monoisotopic (exact) mass is 1020 g/mol. The number of benzene rings is 8. The van der Waals surface area contributed by atoms with Gasteiger partial charge in [0.2, 0.25) is 0 Å². The molecule has 78 heavy (non-hydrogen) atoms. The molecule has 0 saturated carbocycles. The van der Waals surface area contributed by atoms with Crippen LogP contribution in [0.3, 0.4) is 0 Å². The molecule has 0 saturated heterocycles. The van der Waals surface area contributed by atoms with Crippen molar-refractivity contribution in [1.29, 1.82) is 0 Å². The Morgan fingerprint density at radius 1 is 0.359 bits per heavy atom. The topological polar surface area (TPSA) is 27.5 Å². The highest BCUT2D eigenvalue weighted by atomic mass is 15.4. The first-order valence-corrected chi connectivity index (χ1v) is 28.0. The number of para-hydroxylation sites is 3. The molecule has 0 spiro atoms. The largest absolute Gasteiger partial charge is 0.321 e. The van der Waals surface area contributed by atoms with Crippen LogP contribution < -0.4 is 14.7 Å². The van der Waals surface area contributed by atoms with Crippen molar-refractivity contribution >= 4 is 61.6 Å². The predicted molar refractivity (Wildman–Crippen MR) is 334 cm³/mol. The van der Waals surface area contributed by atoms with Gasteiger partial charge in [-0.2, -0.15) is 0 Å². The standard InChI is InChI=1S/C73H77N5/c1-69(2,3)51-32-29-49(30-33-51)50-31-36-64-63(39-50)62-35-34-58(47-67(62)78(64)68-45-53(37-38-74-68)73(13,14)52-23-17-15-18-24-52)77(57-25-19-16-20-26-57)61-44-56(72(10,11)12)43-60(46-61)76-48-75(65-27-21-22-28-66(65)76)59-41-54(70(4,5)6)40-55(42-59)71(7,8)9/h15-47H,48H2,1-14H3. The van der Waals surface area contributed by atoms with E-state index >= 15 is 0 Å². The maximum absolute atomic E-state index is 5.21. The van der Waals surface area contributed by atoms with E-state index in [1.54, 1.807) is 0 Å². The molecular weight excluding hydrogens is 947 g/mol.